The van der Waals surface area contributed by atoms with Crippen LogP contribution in [0.1, 0.15) is 11.4 Å². The van der Waals surface area contributed by atoms with E-state index in [-0.39, 0.29) is 12.5 Å². The van der Waals surface area contributed by atoms with Gasteiger partial charge in [0.1, 0.15) is 0 Å². The zero-order valence-electron chi connectivity index (χ0n) is 18.3. The summed E-state index contributed by atoms with van der Waals surface area (Å²) in [6, 6.07) is 15.3. The number of benzene rings is 2. The molecule has 1 amide bonds. The molecule has 2 aromatic carbocycles. The molecule has 2 aliphatic heterocycles. The normalized spacial score (nSPS) is 16.9. The summed E-state index contributed by atoms with van der Waals surface area (Å²) in [5, 5.41) is 10.1. The van der Waals surface area contributed by atoms with Crippen molar-refractivity contribution in [1.82, 2.24) is 19.4 Å². The highest BCUT2D eigenvalue weighted by Crippen LogP contribution is 2.35. The maximum atomic E-state index is 12.9. The number of para-hydroxylation sites is 1. The lowest BCUT2D eigenvalue weighted by Crippen LogP contribution is -2.38. The quantitative estimate of drug-likeness (QED) is 0.367. The molecule has 8 nitrogen and oxygen atoms in total. The number of rotatable bonds is 6. The molecule has 0 N–H and O–H groups in total. The average Bonchev–Trinajstić information content (AvgIpc) is 3.15. The van der Waals surface area contributed by atoms with E-state index in [2.05, 4.69) is 10.0 Å². The van der Waals surface area contributed by atoms with Crippen LogP contribution in [-0.4, -0.2) is 63.5 Å². The van der Waals surface area contributed by atoms with Crippen molar-refractivity contribution in [2.75, 3.05) is 37.0 Å². The Morgan fingerprint density at radius 1 is 1.15 bits per heavy atom. The van der Waals surface area contributed by atoms with Gasteiger partial charge in [0.2, 0.25) is 10.7 Å². The van der Waals surface area contributed by atoms with E-state index in [9.17, 15) is 4.79 Å². The lowest BCUT2D eigenvalue weighted by molar-refractivity contribution is -0.116. The number of thioether (sulfide) groups is 1. The molecular formula is C23H23ClN6O2S2. The molecule has 0 bridgehead atoms. The first-order valence-corrected chi connectivity index (χ1v) is 12.7. The largest absolute Gasteiger partial charge is 0.379 e. The minimum Gasteiger partial charge on any atom is -0.379 e. The van der Waals surface area contributed by atoms with Gasteiger partial charge < -0.3 is 9.64 Å². The van der Waals surface area contributed by atoms with Gasteiger partial charge in [-0.2, -0.15) is 14.9 Å². The van der Waals surface area contributed by atoms with Crippen molar-refractivity contribution in [2.45, 2.75) is 18.1 Å². The second kappa shape index (κ2) is 10.4. The third-order valence-corrected chi connectivity index (χ3v) is 7.30. The summed E-state index contributed by atoms with van der Waals surface area (Å²) >= 11 is 13.3. The fourth-order valence-corrected chi connectivity index (χ4v) is 5.14. The molecule has 176 valence electrons. The van der Waals surface area contributed by atoms with Crippen molar-refractivity contribution in [3.8, 4) is 0 Å². The minimum atomic E-state index is 0.0329. The van der Waals surface area contributed by atoms with Gasteiger partial charge >= 0.3 is 0 Å². The van der Waals surface area contributed by atoms with Gasteiger partial charge in [-0.1, -0.05) is 35.9 Å². The standard InChI is InChI=1S/C23H23ClN6O2S2/c24-18-7-5-17(6-8-18)13-25-30-21(26-29(23(30)33)16-27-9-11-32-12-10-27)14-28-19-3-1-2-4-20(19)34-15-22(28)31/h1-8,13H,9-12,14-16H2/b25-13+. The average molecular weight is 515 g/mol. The molecule has 1 fully saturated rings. The summed E-state index contributed by atoms with van der Waals surface area (Å²) in [6.45, 7) is 3.81. The fraction of sp³-hybridized carbons (Fsp3) is 0.304. The molecule has 34 heavy (non-hydrogen) atoms. The summed E-state index contributed by atoms with van der Waals surface area (Å²) in [6.07, 6.45) is 1.72. The molecule has 3 aromatic rings. The van der Waals surface area contributed by atoms with Crippen LogP contribution in [0.25, 0.3) is 0 Å². The Bertz CT molecular complexity index is 1270. The maximum absolute atomic E-state index is 12.9. The number of halogens is 1. The number of hydrogen-bond donors (Lipinski definition) is 0. The second-order valence-corrected chi connectivity index (χ2v) is 9.73. The fourth-order valence-electron chi connectivity index (χ4n) is 3.82. The van der Waals surface area contributed by atoms with Crippen LogP contribution in [0.3, 0.4) is 0 Å². The van der Waals surface area contributed by atoms with Gasteiger partial charge in [-0.25, -0.2) is 4.68 Å². The van der Waals surface area contributed by atoms with Crippen molar-refractivity contribution in [1.29, 1.82) is 0 Å². The van der Waals surface area contributed by atoms with Crippen molar-refractivity contribution in [2.24, 2.45) is 5.10 Å². The molecule has 5 rings (SSSR count). The molecule has 1 aromatic heterocycles. The van der Waals surface area contributed by atoms with E-state index < -0.39 is 0 Å². The highest BCUT2D eigenvalue weighted by atomic mass is 35.5. The summed E-state index contributed by atoms with van der Waals surface area (Å²) in [7, 11) is 0. The molecule has 0 spiro atoms. The lowest BCUT2D eigenvalue weighted by Gasteiger charge is -2.28. The Kier molecular flexibility index (Phi) is 7.12. The van der Waals surface area contributed by atoms with E-state index in [1.54, 1.807) is 32.2 Å². The van der Waals surface area contributed by atoms with Gasteiger partial charge in [-0.3, -0.25) is 9.69 Å². The Balaban J connectivity index is 1.49. The van der Waals surface area contributed by atoms with Crippen molar-refractivity contribution < 1.29 is 9.53 Å². The zero-order valence-corrected chi connectivity index (χ0v) is 20.7. The van der Waals surface area contributed by atoms with Gasteiger partial charge in [0.15, 0.2) is 5.82 Å². The number of morpholine rings is 1. The van der Waals surface area contributed by atoms with E-state index in [4.69, 9.17) is 33.7 Å². The smallest absolute Gasteiger partial charge is 0.237 e. The van der Waals surface area contributed by atoms with Crippen LogP contribution in [0.5, 0.6) is 0 Å². The van der Waals surface area contributed by atoms with E-state index in [1.165, 1.54) is 0 Å². The molecular weight excluding hydrogens is 492 g/mol. The van der Waals surface area contributed by atoms with Crippen LogP contribution < -0.4 is 4.90 Å². The van der Waals surface area contributed by atoms with Crippen LogP contribution in [0.4, 0.5) is 5.69 Å². The molecule has 0 saturated carbocycles. The number of ether oxygens (including phenoxy) is 1. The molecule has 0 atom stereocenters. The third-order valence-electron chi connectivity index (χ3n) is 5.62. The molecule has 0 aliphatic carbocycles. The topological polar surface area (TPSA) is 67.9 Å². The van der Waals surface area contributed by atoms with E-state index in [1.807, 2.05) is 48.5 Å². The number of aromatic nitrogens is 3. The van der Waals surface area contributed by atoms with Crippen LogP contribution >= 0.6 is 35.6 Å². The Labute approximate surface area is 211 Å². The van der Waals surface area contributed by atoms with Gasteiger partial charge in [0.25, 0.3) is 0 Å². The van der Waals surface area contributed by atoms with Crippen molar-refractivity contribution in [3.05, 3.63) is 69.7 Å². The number of anilines is 1. The Hall–Kier alpha value is -2.50. The maximum Gasteiger partial charge on any atom is 0.237 e. The van der Waals surface area contributed by atoms with Gasteiger partial charge in [-0.15, -0.1) is 11.8 Å². The number of hydrogen-bond acceptors (Lipinski definition) is 7. The molecule has 1 saturated heterocycles. The number of carbonyl (C=O) groups is 1. The second-order valence-electron chi connectivity index (χ2n) is 7.91. The predicted molar refractivity (Wildman–Crippen MR) is 136 cm³/mol. The number of nitrogens with zero attached hydrogens (tertiary/aromatic N) is 6. The molecule has 11 heteroatoms. The first-order valence-electron chi connectivity index (χ1n) is 10.9. The third kappa shape index (κ3) is 5.11. The minimum absolute atomic E-state index is 0.0329. The molecule has 2 aliphatic rings. The van der Waals surface area contributed by atoms with E-state index in [0.29, 0.717) is 41.3 Å². The summed E-state index contributed by atoms with van der Waals surface area (Å²) in [5.74, 6) is 1.02. The lowest BCUT2D eigenvalue weighted by atomic mass is 10.2. The SMILES string of the molecule is O=C1CSc2ccccc2N1Cc1nn(CN2CCOCC2)c(=S)n1/N=C/c1ccc(Cl)cc1. The molecule has 0 radical (unpaired) electrons. The monoisotopic (exact) mass is 514 g/mol. The van der Waals surface area contributed by atoms with E-state index >= 15 is 0 Å². The summed E-state index contributed by atoms with van der Waals surface area (Å²) < 4.78 is 9.34. The first kappa shape index (κ1) is 23.3. The number of carbonyl (C=O) groups excluding carboxylic acids is 1. The van der Waals surface area contributed by atoms with Gasteiger partial charge in [0, 0.05) is 23.0 Å². The predicted octanol–water partition coefficient (Wildman–Crippen LogP) is 3.88. The molecule has 0 unspecified atom stereocenters. The van der Waals surface area contributed by atoms with Crippen molar-refractivity contribution in [3.63, 3.8) is 0 Å². The summed E-state index contributed by atoms with van der Waals surface area (Å²) in [5.41, 5.74) is 1.76. The Morgan fingerprint density at radius 2 is 1.91 bits per heavy atom. The highest BCUT2D eigenvalue weighted by Gasteiger charge is 2.27. The van der Waals surface area contributed by atoms with Crippen LogP contribution in [0.2, 0.25) is 5.02 Å². The number of fused-ring (bicyclic) bond motifs is 1. The zero-order chi connectivity index (χ0) is 23.5. The van der Waals surface area contributed by atoms with Crippen LogP contribution in [0.15, 0.2) is 58.5 Å². The van der Waals surface area contributed by atoms with Crippen molar-refractivity contribution >= 4 is 53.4 Å². The highest BCUT2D eigenvalue weighted by molar-refractivity contribution is 8.00. The summed E-state index contributed by atoms with van der Waals surface area (Å²) in [4.78, 5) is 17.9. The van der Waals surface area contributed by atoms with Crippen LogP contribution in [0, 0.1) is 4.77 Å². The van der Waals surface area contributed by atoms with Gasteiger partial charge in [0.05, 0.1) is 44.1 Å². The van der Waals surface area contributed by atoms with Crippen LogP contribution in [-0.2, 0) is 22.7 Å². The van der Waals surface area contributed by atoms with Gasteiger partial charge in [-0.05, 0) is 42.0 Å². The molecule has 3 heterocycles. The Morgan fingerprint density at radius 3 is 2.71 bits per heavy atom. The first-order chi connectivity index (χ1) is 16.6. The van der Waals surface area contributed by atoms with E-state index in [0.717, 1.165) is 29.2 Å². The number of amides is 1.